The van der Waals surface area contributed by atoms with Crippen LogP contribution in [0.15, 0.2) is 45.8 Å². The smallest absolute Gasteiger partial charge is 0.127 e. The Balaban J connectivity index is 2.28. The van der Waals surface area contributed by atoms with Gasteiger partial charge < -0.3 is 5.73 Å². The Morgan fingerprint density at radius 3 is 2.58 bits per heavy atom. The molecule has 1 unspecified atom stereocenters. The molecule has 0 bridgehead atoms. The van der Waals surface area contributed by atoms with E-state index >= 15 is 0 Å². The van der Waals surface area contributed by atoms with Gasteiger partial charge in [0.2, 0.25) is 0 Å². The van der Waals surface area contributed by atoms with Crippen LogP contribution >= 0.6 is 15.9 Å². The largest absolute Gasteiger partial charge is 0.399 e. The molecule has 0 heterocycles. The van der Waals surface area contributed by atoms with Crippen molar-refractivity contribution in [3.8, 4) is 0 Å². The molecule has 0 spiro atoms. The van der Waals surface area contributed by atoms with Crippen molar-refractivity contribution in [2.24, 2.45) is 0 Å². The molecule has 100 valence electrons. The highest BCUT2D eigenvalue weighted by atomic mass is 79.9. The summed E-state index contributed by atoms with van der Waals surface area (Å²) in [6, 6.07) is 7.95. The van der Waals surface area contributed by atoms with E-state index in [1.165, 1.54) is 0 Å². The van der Waals surface area contributed by atoms with Crippen molar-refractivity contribution >= 4 is 32.4 Å². The van der Waals surface area contributed by atoms with Crippen LogP contribution in [0.1, 0.15) is 5.56 Å². The van der Waals surface area contributed by atoms with E-state index in [4.69, 9.17) is 5.73 Å². The van der Waals surface area contributed by atoms with Gasteiger partial charge in [0, 0.05) is 15.7 Å². The number of anilines is 1. The lowest BCUT2D eigenvalue weighted by atomic mass is 10.2. The zero-order chi connectivity index (χ0) is 14.0. The van der Waals surface area contributed by atoms with Gasteiger partial charge >= 0.3 is 0 Å². The van der Waals surface area contributed by atoms with Gasteiger partial charge in [-0.2, -0.15) is 0 Å². The van der Waals surface area contributed by atoms with Gasteiger partial charge in [-0.25, -0.2) is 8.78 Å². The molecular formula is C13H10BrF2NOS. The van der Waals surface area contributed by atoms with E-state index in [0.717, 1.165) is 18.2 Å². The average Bonchev–Trinajstić information content (AvgIpc) is 2.33. The van der Waals surface area contributed by atoms with E-state index in [1.54, 1.807) is 18.2 Å². The molecular weight excluding hydrogens is 336 g/mol. The summed E-state index contributed by atoms with van der Waals surface area (Å²) in [7, 11) is -1.48. The Bertz CT molecular complexity index is 649. The highest BCUT2D eigenvalue weighted by Crippen LogP contribution is 2.25. The lowest BCUT2D eigenvalue weighted by Crippen LogP contribution is -2.01. The lowest BCUT2D eigenvalue weighted by Gasteiger charge is -2.07. The summed E-state index contributed by atoms with van der Waals surface area (Å²) >= 11 is 3.25. The summed E-state index contributed by atoms with van der Waals surface area (Å²) in [6.07, 6.45) is 0. The minimum Gasteiger partial charge on any atom is -0.399 e. The summed E-state index contributed by atoms with van der Waals surface area (Å²) in [4.78, 5) is 0.498. The van der Waals surface area contributed by atoms with Gasteiger partial charge in [-0.3, -0.25) is 4.21 Å². The maximum absolute atomic E-state index is 13.5. The van der Waals surface area contributed by atoms with Crippen LogP contribution in [0.5, 0.6) is 0 Å². The highest BCUT2D eigenvalue weighted by molar-refractivity contribution is 9.10. The van der Waals surface area contributed by atoms with Crippen LogP contribution in [0.25, 0.3) is 0 Å². The zero-order valence-corrected chi connectivity index (χ0v) is 12.1. The molecule has 2 nitrogen and oxygen atoms in total. The summed E-state index contributed by atoms with van der Waals surface area (Å²) < 4.78 is 39.3. The average molecular weight is 346 g/mol. The van der Waals surface area contributed by atoms with Crippen LogP contribution in [0.3, 0.4) is 0 Å². The van der Waals surface area contributed by atoms with Crippen molar-refractivity contribution in [3.05, 3.63) is 58.1 Å². The van der Waals surface area contributed by atoms with Gasteiger partial charge in [-0.05, 0) is 52.3 Å². The molecule has 1 atom stereocenters. The Labute approximate surface area is 120 Å². The van der Waals surface area contributed by atoms with E-state index in [0.29, 0.717) is 15.1 Å². The van der Waals surface area contributed by atoms with Crippen LogP contribution in [-0.4, -0.2) is 4.21 Å². The molecule has 0 saturated carbocycles. The number of hydrogen-bond donors (Lipinski definition) is 1. The Morgan fingerprint density at radius 1 is 1.16 bits per heavy atom. The third kappa shape index (κ3) is 3.39. The number of benzene rings is 2. The van der Waals surface area contributed by atoms with E-state index in [1.807, 2.05) is 0 Å². The second-order valence-corrected chi connectivity index (χ2v) is 6.19. The monoisotopic (exact) mass is 345 g/mol. The first kappa shape index (κ1) is 14.1. The summed E-state index contributed by atoms with van der Waals surface area (Å²) in [6.45, 7) is 0. The molecule has 0 saturated heterocycles. The normalized spacial score (nSPS) is 12.4. The fraction of sp³-hybridized carbons (Fsp3) is 0.0769. The maximum Gasteiger partial charge on any atom is 0.127 e. The number of nitrogen functional groups attached to an aromatic ring is 1. The first-order valence-electron chi connectivity index (χ1n) is 5.34. The number of nitrogens with two attached hydrogens (primary N) is 1. The Morgan fingerprint density at radius 2 is 1.89 bits per heavy atom. The summed E-state index contributed by atoms with van der Waals surface area (Å²) in [5, 5.41) is 0. The van der Waals surface area contributed by atoms with Crippen LogP contribution in [-0.2, 0) is 16.6 Å². The molecule has 0 fully saturated rings. The summed E-state index contributed by atoms with van der Waals surface area (Å²) in [5.74, 6) is -1.21. The molecule has 0 aromatic heterocycles. The number of hydrogen-bond acceptors (Lipinski definition) is 2. The van der Waals surface area contributed by atoms with Crippen molar-refractivity contribution in [2.75, 3.05) is 5.73 Å². The molecule has 0 aliphatic carbocycles. The molecule has 0 radical (unpaired) electrons. The molecule has 0 amide bonds. The van der Waals surface area contributed by atoms with Gasteiger partial charge in [-0.1, -0.05) is 0 Å². The van der Waals surface area contributed by atoms with Gasteiger partial charge in [0.15, 0.2) is 0 Å². The molecule has 2 aromatic rings. The molecule has 2 aromatic carbocycles. The zero-order valence-electron chi connectivity index (χ0n) is 9.70. The fourth-order valence-electron chi connectivity index (χ4n) is 1.57. The van der Waals surface area contributed by atoms with Gasteiger partial charge in [0.05, 0.1) is 21.4 Å². The maximum atomic E-state index is 13.5. The predicted octanol–water partition coefficient (Wildman–Crippen LogP) is 3.62. The number of rotatable bonds is 3. The topological polar surface area (TPSA) is 43.1 Å². The van der Waals surface area contributed by atoms with Crippen molar-refractivity contribution in [3.63, 3.8) is 0 Å². The van der Waals surface area contributed by atoms with Crippen molar-refractivity contribution < 1.29 is 13.0 Å². The third-order valence-electron chi connectivity index (χ3n) is 2.50. The highest BCUT2D eigenvalue weighted by Gasteiger charge is 2.13. The van der Waals surface area contributed by atoms with Gasteiger partial charge in [-0.15, -0.1) is 0 Å². The van der Waals surface area contributed by atoms with Crippen molar-refractivity contribution in [1.29, 1.82) is 0 Å². The van der Waals surface area contributed by atoms with Crippen LogP contribution in [0, 0.1) is 11.6 Å². The first-order valence-corrected chi connectivity index (χ1v) is 7.46. The SMILES string of the molecule is Nc1ccc(S(=O)Cc2cc(F)ccc2F)c(Br)c1. The second kappa shape index (κ2) is 5.79. The second-order valence-electron chi connectivity index (χ2n) is 3.92. The Kier molecular flexibility index (Phi) is 4.31. The quantitative estimate of drug-likeness (QED) is 0.863. The third-order valence-corrected chi connectivity index (χ3v) is 4.83. The molecule has 19 heavy (non-hydrogen) atoms. The molecule has 2 rings (SSSR count). The van der Waals surface area contributed by atoms with Crippen molar-refractivity contribution in [1.82, 2.24) is 0 Å². The van der Waals surface area contributed by atoms with Crippen LogP contribution in [0.2, 0.25) is 0 Å². The first-order chi connectivity index (χ1) is 8.97. The molecule has 0 aliphatic heterocycles. The standard InChI is InChI=1S/C13H10BrF2NOS/c14-11-6-10(17)2-4-13(11)19(18)7-8-5-9(15)1-3-12(8)16/h1-6H,7,17H2. The predicted molar refractivity (Wildman–Crippen MR) is 75.0 cm³/mol. The van der Waals surface area contributed by atoms with E-state index in [-0.39, 0.29) is 11.3 Å². The van der Waals surface area contributed by atoms with E-state index in [2.05, 4.69) is 15.9 Å². The van der Waals surface area contributed by atoms with Crippen LogP contribution in [0.4, 0.5) is 14.5 Å². The molecule has 0 aliphatic rings. The minimum atomic E-state index is -1.48. The van der Waals surface area contributed by atoms with Crippen molar-refractivity contribution in [2.45, 2.75) is 10.6 Å². The van der Waals surface area contributed by atoms with Gasteiger partial charge in [0.25, 0.3) is 0 Å². The summed E-state index contributed by atoms with van der Waals surface area (Å²) in [5.41, 5.74) is 6.20. The number of halogens is 3. The molecule has 6 heteroatoms. The molecule has 2 N–H and O–H groups in total. The lowest BCUT2D eigenvalue weighted by molar-refractivity contribution is 0.590. The van der Waals surface area contributed by atoms with Crippen LogP contribution < -0.4 is 5.73 Å². The van der Waals surface area contributed by atoms with E-state index in [9.17, 15) is 13.0 Å². The van der Waals surface area contributed by atoms with E-state index < -0.39 is 22.4 Å². The Hall–Kier alpha value is -1.27. The minimum absolute atomic E-state index is 0.0852. The van der Waals surface area contributed by atoms with Gasteiger partial charge in [0.1, 0.15) is 11.6 Å². The fourth-order valence-corrected chi connectivity index (χ4v) is 3.67.